The van der Waals surface area contributed by atoms with Gasteiger partial charge in [0.2, 0.25) is 5.91 Å². The molecule has 38 heavy (non-hydrogen) atoms. The topological polar surface area (TPSA) is 67.7 Å². The number of hydrogen-bond acceptors (Lipinski definition) is 5. The molecule has 3 aromatic rings. The molecule has 0 N–H and O–H groups in total. The average Bonchev–Trinajstić information content (AvgIpc) is 2.90. The Morgan fingerprint density at radius 1 is 1.03 bits per heavy atom. The van der Waals surface area contributed by atoms with Crippen molar-refractivity contribution in [3.8, 4) is 11.4 Å². The number of methoxy groups -OCH3 is 1. The first kappa shape index (κ1) is 29.7. The number of unbranched alkanes of at least 4 members (excludes halogenated alkanes) is 5. The highest BCUT2D eigenvalue weighted by Gasteiger charge is 2.27. The third-order valence-electron chi connectivity index (χ3n) is 6.88. The molecule has 8 heteroatoms. The average molecular weight is 541 g/mol. The standard InChI is InChI=1S/C30H41ClN4O3/c1-6-7-8-9-10-11-12-28(36)34(20-19-33(3)4)22(2)29-32-27-21-23(31)13-18-26(27)30(37)35(29)24-14-16-25(38-5)17-15-24/h13-18,21-22H,6-12,19-20H2,1-5H3. The minimum Gasteiger partial charge on any atom is -0.497 e. The van der Waals surface area contributed by atoms with E-state index >= 15 is 0 Å². The fourth-order valence-electron chi connectivity index (χ4n) is 4.62. The third kappa shape index (κ3) is 7.58. The summed E-state index contributed by atoms with van der Waals surface area (Å²) in [6.07, 6.45) is 7.19. The molecular weight excluding hydrogens is 500 g/mol. The van der Waals surface area contributed by atoms with Crippen molar-refractivity contribution in [2.75, 3.05) is 34.3 Å². The van der Waals surface area contributed by atoms with Crippen molar-refractivity contribution in [2.24, 2.45) is 0 Å². The summed E-state index contributed by atoms with van der Waals surface area (Å²) in [5, 5.41) is 0.980. The number of carbonyl (C=O) groups is 1. The molecule has 0 saturated carbocycles. The first-order valence-electron chi connectivity index (χ1n) is 13.6. The minimum absolute atomic E-state index is 0.0802. The lowest BCUT2D eigenvalue weighted by molar-refractivity contribution is -0.133. The van der Waals surface area contributed by atoms with Gasteiger partial charge in [-0.1, -0.05) is 50.6 Å². The van der Waals surface area contributed by atoms with Gasteiger partial charge in [-0.2, -0.15) is 0 Å². The molecule has 206 valence electrons. The Hall–Kier alpha value is -2.90. The van der Waals surface area contributed by atoms with Crippen molar-refractivity contribution in [2.45, 2.75) is 64.8 Å². The number of aromatic nitrogens is 2. The SMILES string of the molecule is CCCCCCCCC(=O)N(CCN(C)C)C(C)c1nc2cc(Cl)ccc2c(=O)n1-c1ccc(OC)cc1. The Labute approximate surface area is 231 Å². The zero-order valence-corrected chi connectivity index (χ0v) is 24.1. The van der Waals surface area contributed by atoms with Gasteiger partial charge in [-0.15, -0.1) is 0 Å². The molecule has 1 amide bonds. The molecule has 0 radical (unpaired) electrons. The fraction of sp³-hybridized carbons (Fsp3) is 0.500. The predicted molar refractivity (Wildman–Crippen MR) is 156 cm³/mol. The van der Waals surface area contributed by atoms with Crippen molar-refractivity contribution in [3.05, 3.63) is 63.7 Å². The number of hydrogen-bond donors (Lipinski definition) is 0. The largest absolute Gasteiger partial charge is 0.497 e. The number of ether oxygens (including phenoxy) is 1. The van der Waals surface area contributed by atoms with Gasteiger partial charge in [0.1, 0.15) is 11.6 Å². The molecule has 1 aromatic heterocycles. The van der Waals surface area contributed by atoms with E-state index in [-0.39, 0.29) is 11.5 Å². The molecule has 1 atom stereocenters. The number of fused-ring (bicyclic) bond motifs is 1. The number of carbonyl (C=O) groups excluding carboxylic acids is 1. The highest BCUT2D eigenvalue weighted by atomic mass is 35.5. The Morgan fingerprint density at radius 3 is 2.37 bits per heavy atom. The van der Waals surface area contributed by atoms with E-state index in [4.69, 9.17) is 21.3 Å². The van der Waals surface area contributed by atoms with E-state index in [2.05, 4.69) is 11.8 Å². The zero-order chi connectivity index (χ0) is 27.7. The molecule has 0 fully saturated rings. The van der Waals surface area contributed by atoms with Crippen LogP contribution in [0.5, 0.6) is 5.75 Å². The Morgan fingerprint density at radius 2 is 1.71 bits per heavy atom. The second-order valence-corrected chi connectivity index (χ2v) is 10.5. The maximum Gasteiger partial charge on any atom is 0.266 e. The van der Waals surface area contributed by atoms with Crippen LogP contribution in [0.25, 0.3) is 16.6 Å². The molecule has 0 saturated heterocycles. The van der Waals surface area contributed by atoms with Crippen molar-refractivity contribution < 1.29 is 9.53 Å². The van der Waals surface area contributed by atoms with Crippen LogP contribution >= 0.6 is 11.6 Å². The van der Waals surface area contributed by atoms with E-state index in [9.17, 15) is 9.59 Å². The Bertz CT molecular complexity index is 1260. The lowest BCUT2D eigenvalue weighted by atomic mass is 10.1. The van der Waals surface area contributed by atoms with Gasteiger partial charge < -0.3 is 14.5 Å². The predicted octanol–water partition coefficient (Wildman–Crippen LogP) is 6.25. The molecule has 1 heterocycles. The quantitative estimate of drug-likeness (QED) is 0.226. The summed E-state index contributed by atoms with van der Waals surface area (Å²) in [5.74, 6) is 1.28. The van der Waals surface area contributed by atoms with Crippen LogP contribution in [0.15, 0.2) is 47.3 Å². The summed E-state index contributed by atoms with van der Waals surface area (Å²) in [7, 11) is 5.59. The third-order valence-corrected chi connectivity index (χ3v) is 7.12. The molecule has 0 bridgehead atoms. The van der Waals surface area contributed by atoms with Gasteiger partial charge in [0.05, 0.1) is 29.7 Å². The molecule has 2 aromatic carbocycles. The summed E-state index contributed by atoms with van der Waals surface area (Å²) in [5.41, 5.74) is 0.984. The molecular formula is C30H41ClN4O3. The normalized spacial score (nSPS) is 12.2. The molecule has 0 aliphatic rings. The maximum atomic E-state index is 13.8. The van der Waals surface area contributed by atoms with Gasteiger partial charge in [0, 0.05) is 24.5 Å². The number of amides is 1. The Balaban J connectivity index is 2.02. The van der Waals surface area contributed by atoms with Crippen molar-refractivity contribution in [1.82, 2.24) is 19.4 Å². The Kier molecular flexibility index (Phi) is 11.2. The highest BCUT2D eigenvalue weighted by Crippen LogP contribution is 2.26. The monoisotopic (exact) mass is 540 g/mol. The van der Waals surface area contributed by atoms with E-state index in [1.807, 2.05) is 50.2 Å². The molecule has 3 rings (SSSR count). The van der Waals surface area contributed by atoms with Crippen LogP contribution < -0.4 is 10.3 Å². The summed E-state index contributed by atoms with van der Waals surface area (Å²) in [4.78, 5) is 36.2. The van der Waals surface area contributed by atoms with Crippen LogP contribution in [0.1, 0.15) is 70.7 Å². The molecule has 0 spiro atoms. The lowest BCUT2D eigenvalue weighted by Gasteiger charge is -2.31. The van der Waals surface area contributed by atoms with Crippen molar-refractivity contribution >= 4 is 28.4 Å². The van der Waals surface area contributed by atoms with Crippen LogP contribution in [0.2, 0.25) is 5.02 Å². The van der Waals surface area contributed by atoms with Gasteiger partial charge in [-0.05, 0) is 69.9 Å². The van der Waals surface area contributed by atoms with Crippen LogP contribution in [0.3, 0.4) is 0 Å². The van der Waals surface area contributed by atoms with Gasteiger partial charge in [0.15, 0.2) is 0 Å². The van der Waals surface area contributed by atoms with Crippen LogP contribution in [-0.4, -0.2) is 59.6 Å². The van der Waals surface area contributed by atoms with E-state index in [1.54, 1.807) is 29.9 Å². The van der Waals surface area contributed by atoms with Crippen LogP contribution in [0.4, 0.5) is 0 Å². The zero-order valence-electron chi connectivity index (χ0n) is 23.4. The summed E-state index contributed by atoms with van der Waals surface area (Å²) < 4.78 is 6.93. The molecule has 0 aliphatic heterocycles. The van der Waals surface area contributed by atoms with E-state index in [0.717, 1.165) is 19.3 Å². The van der Waals surface area contributed by atoms with Crippen molar-refractivity contribution in [3.63, 3.8) is 0 Å². The van der Waals surface area contributed by atoms with E-state index in [1.165, 1.54) is 19.3 Å². The van der Waals surface area contributed by atoms with Gasteiger partial charge in [-0.3, -0.25) is 14.2 Å². The van der Waals surface area contributed by atoms with Gasteiger partial charge in [-0.25, -0.2) is 4.98 Å². The summed E-state index contributed by atoms with van der Waals surface area (Å²) in [6, 6.07) is 12.0. The van der Waals surface area contributed by atoms with Crippen LogP contribution in [0, 0.1) is 0 Å². The molecule has 0 aliphatic carbocycles. The lowest BCUT2D eigenvalue weighted by Crippen LogP contribution is -2.40. The number of rotatable bonds is 14. The van der Waals surface area contributed by atoms with Gasteiger partial charge >= 0.3 is 0 Å². The van der Waals surface area contributed by atoms with E-state index < -0.39 is 6.04 Å². The van der Waals surface area contributed by atoms with Crippen molar-refractivity contribution in [1.29, 1.82) is 0 Å². The summed E-state index contributed by atoms with van der Waals surface area (Å²) >= 11 is 6.26. The summed E-state index contributed by atoms with van der Waals surface area (Å²) in [6.45, 7) is 5.40. The van der Waals surface area contributed by atoms with E-state index in [0.29, 0.717) is 52.7 Å². The van der Waals surface area contributed by atoms with Gasteiger partial charge in [0.25, 0.3) is 5.56 Å². The van der Waals surface area contributed by atoms with Crippen LogP contribution in [-0.2, 0) is 4.79 Å². The number of likely N-dealkylation sites (N-methyl/N-ethyl adjacent to an activating group) is 1. The highest BCUT2D eigenvalue weighted by molar-refractivity contribution is 6.31. The first-order valence-corrected chi connectivity index (χ1v) is 14.0. The second-order valence-electron chi connectivity index (χ2n) is 10.1. The number of benzene rings is 2. The smallest absolute Gasteiger partial charge is 0.266 e. The minimum atomic E-state index is -0.430. The second kappa shape index (κ2) is 14.3. The number of halogens is 1. The number of nitrogens with zero attached hydrogens (tertiary/aromatic N) is 4. The molecule has 7 nitrogen and oxygen atoms in total. The maximum absolute atomic E-state index is 13.8. The fourth-order valence-corrected chi connectivity index (χ4v) is 4.79. The first-order chi connectivity index (χ1) is 18.3. The molecule has 1 unspecified atom stereocenters.